The van der Waals surface area contributed by atoms with Crippen LogP contribution in [0.5, 0.6) is 0 Å². The first kappa shape index (κ1) is 19.3. The molecule has 11 heteroatoms. The minimum Gasteiger partial charge on any atom is -0.453 e. The molecule has 0 saturated carbocycles. The molecule has 0 spiro atoms. The molecule has 0 unspecified atom stereocenters. The van der Waals surface area contributed by atoms with Gasteiger partial charge in [-0.05, 0) is 30.4 Å². The zero-order valence-electron chi connectivity index (χ0n) is 11.7. The van der Waals surface area contributed by atoms with Crippen molar-refractivity contribution in [1.82, 2.24) is 5.32 Å². The van der Waals surface area contributed by atoms with Gasteiger partial charge < -0.3 is 15.8 Å². The van der Waals surface area contributed by atoms with Gasteiger partial charge in [0.25, 0.3) is 0 Å². The van der Waals surface area contributed by atoms with Crippen LogP contribution in [0.25, 0.3) is 0 Å². The summed E-state index contributed by atoms with van der Waals surface area (Å²) in [5.41, 5.74) is 6.15. The van der Waals surface area contributed by atoms with Gasteiger partial charge in [-0.1, -0.05) is 0 Å². The number of hydrogen-bond donors (Lipinski definition) is 3. The van der Waals surface area contributed by atoms with Crippen molar-refractivity contribution < 1.29 is 27.1 Å². The first-order valence-electron chi connectivity index (χ1n) is 6.00. The fourth-order valence-electron chi connectivity index (χ4n) is 1.27. The lowest BCUT2D eigenvalue weighted by Crippen LogP contribution is -2.34. The number of halogens is 4. The van der Waals surface area contributed by atoms with Crippen molar-refractivity contribution in [3.05, 3.63) is 18.2 Å². The summed E-state index contributed by atoms with van der Waals surface area (Å²) in [4.78, 5) is 11.3. The highest BCUT2D eigenvalue weighted by Gasteiger charge is 2.40. The molecule has 5 nitrogen and oxygen atoms in total. The van der Waals surface area contributed by atoms with E-state index in [4.69, 9.17) is 18.0 Å². The van der Waals surface area contributed by atoms with Crippen LogP contribution in [-0.2, 0) is 4.74 Å². The van der Waals surface area contributed by atoms with Crippen LogP contribution in [0.15, 0.2) is 23.1 Å². The summed E-state index contributed by atoms with van der Waals surface area (Å²) in [5, 5.41) is 4.63. The molecule has 0 saturated heterocycles. The molecule has 0 aromatic heterocycles. The summed E-state index contributed by atoms with van der Waals surface area (Å²) in [6, 6.07) is 4.16. The van der Waals surface area contributed by atoms with Crippen molar-refractivity contribution in [3.63, 3.8) is 0 Å². The number of thioether (sulfide) groups is 1. The highest BCUT2D eigenvalue weighted by atomic mass is 32.2. The van der Waals surface area contributed by atoms with Crippen LogP contribution in [0.4, 0.5) is 33.7 Å². The molecule has 0 fully saturated rings. The number of nitrogens with two attached hydrogens (primary N) is 1. The summed E-state index contributed by atoms with van der Waals surface area (Å²) in [5.74, 6) is -5.18. The van der Waals surface area contributed by atoms with Gasteiger partial charge in [0.05, 0.1) is 24.2 Å². The molecule has 0 atom stereocenters. The Bertz CT molecular complexity index is 587. The second kappa shape index (κ2) is 8.20. The number of nitrogens with one attached hydrogen (secondary N) is 2. The topological polar surface area (TPSA) is 76.4 Å². The molecule has 0 bridgehead atoms. The number of anilines is 2. The Morgan fingerprint density at radius 3 is 2.70 bits per heavy atom. The molecule has 0 heterocycles. The van der Waals surface area contributed by atoms with Crippen molar-refractivity contribution >= 4 is 46.6 Å². The second-order valence-corrected chi connectivity index (χ2v) is 5.63. The molecule has 1 aromatic carbocycles. The van der Waals surface area contributed by atoms with Crippen LogP contribution in [0, 0.1) is 0 Å². The van der Waals surface area contributed by atoms with E-state index in [0.717, 1.165) is 7.11 Å². The fourth-order valence-corrected chi connectivity index (χ4v) is 2.32. The molecule has 0 aliphatic heterocycles. The molecule has 0 aliphatic carbocycles. The van der Waals surface area contributed by atoms with Gasteiger partial charge in [0.2, 0.25) is 0 Å². The maximum Gasteiger partial charge on any atom is 0.413 e. The second-order valence-electron chi connectivity index (χ2n) is 4.17. The van der Waals surface area contributed by atoms with Gasteiger partial charge in [-0.3, -0.25) is 5.32 Å². The van der Waals surface area contributed by atoms with Crippen molar-refractivity contribution in [1.29, 1.82) is 0 Å². The van der Waals surface area contributed by atoms with E-state index in [1.807, 2.05) is 0 Å². The van der Waals surface area contributed by atoms with E-state index in [2.05, 4.69) is 15.4 Å². The minimum atomic E-state index is -4.10. The number of alkyl carbamates (subject to hydrolysis) is 1. The quantitative estimate of drug-likeness (QED) is 0.319. The van der Waals surface area contributed by atoms with Crippen molar-refractivity contribution in [2.24, 2.45) is 0 Å². The van der Waals surface area contributed by atoms with Crippen molar-refractivity contribution in [2.45, 2.75) is 17.2 Å². The predicted molar refractivity (Wildman–Crippen MR) is 84.3 cm³/mol. The van der Waals surface area contributed by atoms with Gasteiger partial charge in [0.1, 0.15) is 0 Å². The standard InChI is InChI=1S/C12H13F4N3O2S2/c1-21-11(20)19-10(22)18-8-4-6(2-3-7(8)17)23-5-12(15,16)9(13)14/h2-4,9H,5,17H2,1H3,(H2,18,19,20,22). The summed E-state index contributed by atoms with van der Waals surface area (Å²) >= 11 is 5.38. The number of ether oxygens (including phenoxy) is 1. The highest BCUT2D eigenvalue weighted by Crippen LogP contribution is 2.33. The predicted octanol–water partition coefficient (Wildman–Crippen LogP) is 3.31. The van der Waals surface area contributed by atoms with Gasteiger partial charge in [0, 0.05) is 4.90 Å². The van der Waals surface area contributed by atoms with Gasteiger partial charge in [0.15, 0.2) is 5.11 Å². The number of thiocarbonyl (C=S) groups is 1. The fraction of sp³-hybridized carbons (Fsp3) is 0.333. The molecule has 128 valence electrons. The number of rotatable bonds is 5. The van der Waals surface area contributed by atoms with Crippen molar-refractivity contribution in [3.8, 4) is 0 Å². The molecule has 0 radical (unpaired) electrons. The molecule has 1 amide bonds. The average molecular weight is 371 g/mol. The molecule has 0 aliphatic rings. The van der Waals surface area contributed by atoms with Crippen LogP contribution >= 0.6 is 24.0 Å². The molecular weight excluding hydrogens is 358 g/mol. The minimum absolute atomic E-state index is 0.122. The van der Waals surface area contributed by atoms with E-state index in [1.165, 1.54) is 18.2 Å². The Morgan fingerprint density at radius 2 is 2.13 bits per heavy atom. The number of amides is 1. The third-order valence-corrected chi connectivity index (χ3v) is 3.75. The first-order chi connectivity index (χ1) is 10.7. The maximum atomic E-state index is 12.9. The van der Waals surface area contributed by atoms with E-state index < -0.39 is 24.2 Å². The summed E-state index contributed by atoms with van der Waals surface area (Å²) in [6.45, 7) is 0. The largest absolute Gasteiger partial charge is 0.453 e. The van der Waals surface area contributed by atoms with Gasteiger partial charge in [-0.2, -0.15) is 8.78 Å². The lowest BCUT2D eigenvalue weighted by molar-refractivity contribution is -0.109. The monoisotopic (exact) mass is 371 g/mol. The van der Waals surface area contributed by atoms with Crippen LogP contribution in [0.3, 0.4) is 0 Å². The highest BCUT2D eigenvalue weighted by molar-refractivity contribution is 7.99. The Kier molecular flexibility index (Phi) is 6.88. The Balaban J connectivity index is 2.76. The molecule has 23 heavy (non-hydrogen) atoms. The van der Waals surface area contributed by atoms with Crippen LogP contribution in [0.2, 0.25) is 0 Å². The van der Waals surface area contributed by atoms with E-state index in [-0.39, 0.29) is 21.4 Å². The number of nitrogen functional groups attached to an aromatic ring is 1. The molecular formula is C12H13F4N3O2S2. The van der Waals surface area contributed by atoms with Gasteiger partial charge in [-0.25, -0.2) is 13.6 Å². The van der Waals surface area contributed by atoms with E-state index in [0.29, 0.717) is 11.8 Å². The third kappa shape index (κ3) is 6.10. The molecule has 1 aromatic rings. The Hall–Kier alpha value is -1.75. The number of alkyl halides is 4. The molecule has 1 rings (SSSR count). The SMILES string of the molecule is COC(=O)NC(=S)Nc1cc(SCC(F)(F)C(F)F)ccc1N. The van der Waals surface area contributed by atoms with E-state index in [9.17, 15) is 22.4 Å². The summed E-state index contributed by atoms with van der Waals surface area (Å²) < 4.78 is 54.4. The number of carbonyl (C=O) groups is 1. The summed E-state index contributed by atoms with van der Waals surface area (Å²) in [6.07, 6.45) is -4.54. The maximum absolute atomic E-state index is 12.9. The van der Waals surface area contributed by atoms with Crippen molar-refractivity contribution in [2.75, 3.05) is 23.9 Å². The molecule has 4 N–H and O–H groups in total. The third-order valence-electron chi connectivity index (χ3n) is 2.42. The zero-order valence-corrected chi connectivity index (χ0v) is 13.4. The van der Waals surface area contributed by atoms with Gasteiger partial charge in [-0.15, -0.1) is 11.8 Å². The Morgan fingerprint density at radius 1 is 1.48 bits per heavy atom. The van der Waals surface area contributed by atoms with Gasteiger partial charge >= 0.3 is 18.4 Å². The number of carbonyl (C=O) groups excluding carboxylic acids is 1. The average Bonchev–Trinajstić information content (AvgIpc) is 2.47. The number of hydrogen-bond acceptors (Lipinski definition) is 5. The number of methoxy groups -OCH3 is 1. The summed E-state index contributed by atoms with van der Waals surface area (Å²) in [7, 11) is 1.15. The van der Waals surface area contributed by atoms with E-state index >= 15 is 0 Å². The lowest BCUT2D eigenvalue weighted by Gasteiger charge is -2.15. The van der Waals surface area contributed by atoms with Crippen LogP contribution in [0.1, 0.15) is 0 Å². The Labute approximate surface area is 138 Å². The normalized spacial score (nSPS) is 11.2. The number of benzene rings is 1. The first-order valence-corrected chi connectivity index (χ1v) is 7.39. The lowest BCUT2D eigenvalue weighted by atomic mass is 10.3. The van der Waals surface area contributed by atoms with E-state index in [1.54, 1.807) is 0 Å². The smallest absolute Gasteiger partial charge is 0.413 e. The van der Waals surface area contributed by atoms with Crippen LogP contribution < -0.4 is 16.4 Å². The van der Waals surface area contributed by atoms with Crippen LogP contribution in [-0.4, -0.2) is 36.4 Å². The zero-order chi connectivity index (χ0) is 17.6.